The molecular weight excluding hydrogens is 340 g/mol. The van der Waals surface area contributed by atoms with Crippen LogP contribution in [0.1, 0.15) is 55.8 Å². The molecule has 146 valence electrons. The maximum Gasteiger partial charge on any atom is 0.257 e. The number of benzene rings is 1. The average molecular weight is 370 g/mol. The minimum Gasteiger partial charge on any atom is -0.493 e. The van der Waals surface area contributed by atoms with Gasteiger partial charge in [-0.3, -0.25) is 9.59 Å². The zero-order valence-electron chi connectivity index (χ0n) is 16.3. The van der Waals surface area contributed by atoms with Crippen molar-refractivity contribution >= 4 is 11.8 Å². The number of likely N-dealkylation sites (tertiary alicyclic amines) is 2. The number of piperidine rings is 1. The molecule has 2 heterocycles. The molecule has 0 bridgehead atoms. The molecule has 3 fully saturated rings. The summed E-state index contributed by atoms with van der Waals surface area (Å²) in [7, 11) is 0. The van der Waals surface area contributed by atoms with Gasteiger partial charge in [-0.1, -0.05) is 19.1 Å². The van der Waals surface area contributed by atoms with Crippen LogP contribution in [-0.2, 0) is 4.79 Å². The first-order chi connectivity index (χ1) is 13.1. The van der Waals surface area contributed by atoms with E-state index in [9.17, 15) is 9.59 Å². The summed E-state index contributed by atoms with van der Waals surface area (Å²) in [5.74, 6) is 1.64. The molecule has 4 rings (SSSR count). The van der Waals surface area contributed by atoms with E-state index in [1.165, 1.54) is 12.8 Å². The Morgan fingerprint density at radius 3 is 2.81 bits per heavy atom. The zero-order valence-corrected chi connectivity index (χ0v) is 16.3. The van der Waals surface area contributed by atoms with Crippen LogP contribution in [0.3, 0.4) is 0 Å². The summed E-state index contributed by atoms with van der Waals surface area (Å²) in [5.41, 5.74) is 0.253. The van der Waals surface area contributed by atoms with Gasteiger partial charge in [-0.2, -0.15) is 0 Å². The normalized spacial score (nSPS) is 25.3. The van der Waals surface area contributed by atoms with Gasteiger partial charge in [0.2, 0.25) is 5.91 Å². The summed E-state index contributed by atoms with van der Waals surface area (Å²) >= 11 is 0. The number of para-hydroxylation sites is 1. The molecule has 0 radical (unpaired) electrons. The van der Waals surface area contributed by atoms with Crippen molar-refractivity contribution in [1.82, 2.24) is 9.80 Å². The zero-order chi connectivity index (χ0) is 18.9. The van der Waals surface area contributed by atoms with Crippen LogP contribution in [0.2, 0.25) is 0 Å². The largest absolute Gasteiger partial charge is 0.493 e. The highest BCUT2D eigenvalue weighted by Gasteiger charge is 2.50. The summed E-state index contributed by atoms with van der Waals surface area (Å²) in [5, 5.41) is 0. The van der Waals surface area contributed by atoms with Gasteiger partial charge in [0, 0.05) is 26.2 Å². The van der Waals surface area contributed by atoms with Gasteiger partial charge in [0.15, 0.2) is 0 Å². The van der Waals surface area contributed by atoms with Crippen molar-refractivity contribution in [2.24, 2.45) is 11.3 Å². The topological polar surface area (TPSA) is 49.9 Å². The lowest BCUT2D eigenvalue weighted by molar-refractivity contribution is -0.145. The Bertz CT molecular complexity index is 715. The molecule has 1 atom stereocenters. The van der Waals surface area contributed by atoms with Crippen LogP contribution < -0.4 is 4.74 Å². The molecular formula is C22H30N2O3. The minimum atomic E-state index is -0.359. The summed E-state index contributed by atoms with van der Waals surface area (Å²) in [6.07, 6.45) is 6.17. The number of rotatable bonds is 6. The van der Waals surface area contributed by atoms with E-state index in [-0.39, 0.29) is 17.2 Å². The standard InChI is InChI=1S/C22H30N2O3/c1-2-14-27-19-7-4-3-6-18(19)20(25)24-13-11-22(16-24)10-5-12-23(21(22)26)15-17-8-9-17/h3-4,6-7,17H,2,5,8-16H2,1H3/t22-/m1/s1. The monoisotopic (exact) mass is 370 g/mol. The second-order valence-corrected chi connectivity index (χ2v) is 8.40. The van der Waals surface area contributed by atoms with Crippen molar-refractivity contribution < 1.29 is 14.3 Å². The van der Waals surface area contributed by atoms with Crippen molar-refractivity contribution in [2.45, 2.75) is 45.4 Å². The Kier molecular flexibility index (Phi) is 5.11. The van der Waals surface area contributed by atoms with Gasteiger partial charge in [-0.25, -0.2) is 0 Å². The molecule has 0 unspecified atom stereocenters. The molecule has 1 saturated carbocycles. The van der Waals surface area contributed by atoms with Crippen LogP contribution in [0.5, 0.6) is 5.75 Å². The number of amides is 2. The van der Waals surface area contributed by atoms with E-state index in [0.29, 0.717) is 36.9 Å². The SMILES string of the molecule is CCCOc1ccccc1C(=O)N1CC[C@]2(CCCN(CC3CC3)C2=O)C1. The smallest absolute Gasteiger partial charge is 0.257 e. The van der Waals surface area contributed by atoms with Gasteiger partial charge in [0.05, 0.1) is 17.6 Å². The van der Waals surface area contributed by atoms with Gasteiger partial charge < -0.3 is 14.5 Å². The Labute approximate surface area is 161 Å². The first kappa shape index (κ1) is 18.3. The molecule has 27 heavy (non-hydrogen) atoms. The fourth-order valence-corrected chi connectivity index (χ4v) is 4.51. The summed E-state index contributed by atoms with van der Waals surface area (Å²) in [6.45, 7) is 5.67. The molecule has 5 heteroatoms. The van der Waals surface area contributed by atoms with Crippen molar-refractivity contribution in [1.29, 1.82) is 0 Å². The lowest BCUT2D eigenvalue weighted by atomic mass is 9.78. The van der Waals surface area contributed by atoms with E-state index < -0.39 is 0 Å². The van der Waals surface area contributed by atoms with E-state index in [1.807, 2.05) is 29.2 Å². The molecule has 1 aromatic carbocycles. The molecule has 1 aromatic rings. The van der Waals surface area contributed by atoms with Crippen LogP contribution in [0.15, 0.2) is 24.3 Å². The van der Waals surface area contributed by atoms with Gasteiger partial charge in [-0.05, 0) is 56.6 Å². The number of ether oxygens (including phenoxy) is 1. The van der Waals surface area contributed by atoms with Crippen LogP contribution in [0.4, 0.5) is 0 Å². The predicted octanol–water partition coefficient (Wildman–Crippen LogP) is 3.34. The number of hydrogen-bond donors (Lipinski definition) is 0. The van der Waals surface area contributed by atoms with E-state index in [0.717, 1.165) is 38.8 Å². The number of carbonyl (C=O) groups excluding carboxylic acids is 2. The summed E-state index contributed by atoms with van der Waals surface area (Å²) in [6, 6.07) is 7.47. The lowest BCUT2D eigenvalue weighted by Crippen LogP contribution is -2.50. The molecule has 1 aliphatic carbocycles. The fraction of sp³-hybridized carbons (Fsp3) is 0.636. The van der Waals surface area contributed by atoms with Gasteiger partial charge >= 0.3 is 0 Å². The highest BCUT2D eigenvalue weighted by Crippen LogP contribution is 2.42. The Morgan fingerprint density at radius 1 is 1.22 bits per heavy atom. The van der Waals surface area contributed by atoms with E-state index in [4.69, 9.17) is 4.74 Å². The maximum absolute atomic E-state index is 13.2. The molecule has 2 amide bonds. The number of hydrogen-bond acceptors (Lipinski definition) is 3. The summed E-state index contributed by atoms with van der Waals surface area (Å²) < 4.78 is 5.77. The van der Waals surface area contributed by atoms with E-state index in [1.54, 1.807) is 0 Å². The average Bonchev–Trinajstić information content (AvgIpc) is 3.41. The first-order valence-electron chi connectivity index (χ1n) is 10.4. The minimum absolute atomic E-state index is 0.00862. The van der Waals surface area contributed by atoms with Crippen LogP contribution in [-0.4, -0.2) is 54.4 Å². The van der Waals surface area contributed by atoms with Crippen molar-refractivity contribution in [3.8, 4) is 5.75 Å². The Morgan fingerprint density at radius 2 is 2.04 bits per heavy atom. The second-order valence-electron chi connectivity index (χ2n) is 8.40. The first-order valence-corrected chi connectivity index (χ1v) is 10.4. The van der Waals surface area contributed by atoms with Gasteiger partial charge in [0.1, 0.15) is 5.75 Å². The van der Waals surface area contributed by atoms with Crippen LogP contribution in [0, 0.1) is 11.3 Å². The Balaban J connectivity index is 1.47. The second kappa shape index (κ2) is 7.53. The van der Waals surface area contributed by atoms with Crippen molar-refractivity contribution in [3.63, 3.8) is 0 Å². The van der Waals surface area contributed by atoms with Gasteiger partial charge in [0.25, 0.3) is 5.91 Å². The van der Waals surface area contributed by atoms with Crippen LogP contribution >= 0.6 is 0 Å². The van der Waals surface area contributed by atoms with E-state index >= 15 is 0 Å². The quantitative estimate of drug-likeness (QED) is 0.772. The van der Waals surface area contributed by atoms with Crippen LogP contribution in [0.25, 0.3) is 0 Å². The molecule has 2 saturated heterocycles. The van der Waals surface area contributed by atoms with E-state index in [2.05, 4.69) is 11.8 Å². The third-order valence-electron chi connectivity index (χ3n) is 6.22. The fourth-order valence-electron chi connectivity index (χ4n) is 4.51. The molecule has 2 aliphatic heterocycles. The third kappa shape index (κ3) is 3.69. The highest BCUT2D eigenvalue weighted by molar-refractivity contribution is 5.98. The molecule has 0 aromatic heterocycles. The third-order valence-corrected chi connectivity index (χ3v) is 6.22. The van der Waals surface area contributed by atoms with Gasteiger partial charge in [-0.15, -0.1) is 0 Å². The lowest BCUT2D eigenvalue weighted by Gasteiger charge is -2.39. The summed E-state index contributed by atoms with van der Waals surface area (Å²) in [4.78, 5) is 30.3. The predicted molar refractivity (Wildman–Crippen MR) is 104 cm³/mol. The number of nitrogens with zero attached hydrogens (tertiary/aromatic N) is 2. The molecule has 1 spiro atoms. The highest BCUT2D eigenvalue weighted by atomic mass is 16.5. The molecule has 3 aliphatic rings. The van der Waals surface area contributed by atoms with Crippen molar-refractivity contribution in [3.05, 3.63) is 29.8 Å². The number of carbonyl (C=O) groups is 2. The molecule has 5 nitrogen and oxygen atoms in total. The maximum atomic E-state index is 13.2. The van der Waals surface area contributed by atoms with Crippen molar-refractivity contribution in [2.75, 3.05) is 32.8 Å². The molecule has 0 N–H and O–H groups in total. The Hall–Kier alpha value is -2.04.